The Morgan fingerprint density at radius 1 is 1.28 bits per heavy atom. The molecule has 0 spiro atoms. The summed E-state index contributed by atoms with van der Waals surface area (Å²) >= 11 is 3.36. The van der Waals surface area contributed by atoms with Gasteiger partial charge in [0.1, 0.15) is 0 Å². The zero-order chi connectivity index (χ0) is 13.3. The van der Waals surface area contributed by atoms with Crippen LogP contribution in [0.4, 0.5) is 0 Å². The first kappa shape index (κ1) is 13.5. The molecule has 1 aromatic rings. The van der Waals surface area contributed by atoms with Gasteiger partial charge in [-0.3, -0.25) is 4.79 Å². The third kappa shape index (κ3) is 2.92. The monoisotopic (exact) mass is 331 g/mol. The number of benzene rings is 1. The number of halogens is 1. The molecular formula is C12H14BrNO3S. The lowest BCUT2D eigenvalue weighted by atomic mass is 9.90. The summed E-state index contributed by atoms with van der Waals surface area (Å²) in [7, 11) is -3.41. The molecule has 1 aliphatic rings. The largest absolute Gasteiger partial charge is 0.274 e. The van der Waals surface area contributed by atoms with Gasteiger partial charge >= 0.3 is 0 Å². The van der Waals surface area contributed by atoms with Gasteiger partial charge in [0.2, 0.25) is 15.9 Å². The van der Waals surface area contributed by atoms with Crippen LogP contribution in [0.2, 0.25) is 0 Å². The molecule has 6 heteroatoms. The van der Waals surface area contributed by atoms with Crippen LogP contribution in [0.25, 0.3) is 0 Å². The van der Waals surface area contributed by atoms with E-state index in [0.29, 0.717) is 6.42 Å². The average Bonchev–Trinajstić information content (AvgIpc) is 2.28. The Morgan fingerprint density at radius 3 is 2.39 bits per heavy atom. The van der Waals surface area contributed by atoms with Gasteiger partial charge in [-0.15, -0.1) is 0 Å². The van der Waals surface area contributed by atoms with Crippen molar-refractivity contribution in [1.29, 1.82) is 0 Å². The Morgan fingerprint density at radius 2 is 1.89 bits per heavy atom. The average molecular weight is 332 g/mol. The standard InChI is InChI=1S/C12H14BrNO3S/c1-18(16,17)14-7-6-10(8-12(14)15)9-2-4-11(13)5-3-9/h2-5,10H,6-8H2,1H3. The van der Waals surface area contributed by atoms with Gasteiger partial charge in [-0.2, -0.15) is 0 Å². The molecule has 0 saturated carbocycles. The van der Waals surface area contributed by atoms with E-state index in [2.05, 4.69) is 15.9 Å². The smallest absolute Gasteiger partial charge is 0.236 e. The lowest BCUT2D eigenvalue weighted by Gasteiger charge is -2.30. The number of hydrogen-bond donors (Lipinski definition) is 0. The quantitative estimate of drug-likeness (QED) is 0.834. The molecule has 1 amide bonds. The number of sulfonamides is 1. The van der Waals surface area contributed by atoms with Crippen LogP contribution in [0, 0.1) is 0 Å². The van der Waals surface area contributed by atoms with E-state index in [1.165, 1.54) is 0 Å². The highest BCUT2D eigenvalue weighted by atomic mass is 79.9. The summed E-state index contributed by atoms with van der Waals surface area (Å²) in [6.07, 6.45) is 2.01. The summed E-state index contributed by atoms with van der Waals surface area (Å²) in [4.78, 5) is 11.8. The second kappa shape index (κ2) is 5.01. The van der Waals surface area contributed by atoms with E-state index < -0.39 is 10.0 Å². The maximum Gasteiger partial charge on any atom is 0.236 e. The molecule has 0 aliphatic carbocycles. The van der Waals surface area contributed by atoms with Gasteiger partial charge in [0.25, 0.3) is 0 Å². The number of rotatable bonds is 2. The second-order valence-electron chi connectivity index (χ2n) is 4.47. The Bertz CT molecular complexity index is 553. The molecule has 1 heterocycles. The van der Waals surface area contributed by atoms with Gasteiger partial charge in [-0.05, 0) is 30.0 Å². The Balaban J connectivity index is 2.13. The normalized spacial score (nSPS) is 21.1. The highest BCUT2D eigenvalue weighted by Crippen LogP contribution is 2.30. The molecule has 1 atom stereocenters. The minimum absolute atomic E-state index is 0.114. The SMILES string of the molecule is CS(=O)(=O)N1CCC(c2ccc(Br)cc2)CC1=O. The minimum Gasteiger partial charge on any atom is -0.274 e. The van der Waals surface area contributed by atoms with Crippen molar-refractivity contribution < 1.29 is 13.2 Å². The topological polar surface area (TPSA) is 54.5 Å². The summed E-state index contributed by atoms with van der Waals surface area (Å²) in [5.74, 6) is -0.194. The number of piperidine rings is 1. The zero-order valence-corrected chi connectivity index (χ0v) is 12.4. The fourth-order valence-corrected chi connectivity index (χ4v) is 3.33. The molecule has 1 fully saturated rings. The van der Waals surface area contributed by atoms with E-state index in [1.54, 1.807) is 0 Å². The number of nitrogens with zero attached hydrogens (tertiary/aromatic N) is 1. The van der Waals surface area contributed by atoms with Gasteiger partial charge < -0.3 is 0 Å². The van der Waals surface area contributed by atoms with Gasteiger partial charge in [-0.1, -0.05) is 28.1 Å². The van der Waals surface area contributed by atoms with Crippen LogP contribution in [0.5, 0.6) is 0 Å². The second-order valence-corrected chi connectivity index (χ2v) is 7.29. The van der Waals surface area contributed by atoms with Crippen molar-refractivity contribution in [3.05, 3.63) is 34.3 Å². The predicted octanol–water partition coefficient (Wildman–Crippen LogP) is 2.11. The van der Waals surface area contributed by atoms with Crippen LogP contribution in [0.1, 0.15) is 24.3 Å². The molecule has 0 aromatic heterocycles. The lowest BCUT2D eigenvalue weighted by Crippen LogP contribution is -2.41. The van der Waals surface area contributed by atoms with Crippen LogP contribution in [0.15, 0.2) is 28.7 Å². The van der Waals surface area contributed by atoms with Crippen molar-refractivity contribution in [2.75, 3.05) is 12.8 Å². The molecule has 1 aromatic carbocycles. The number of carbonyl (C=O) groups excluding carboxylic acids is 1. The Kier molecular flexibility index (Phi) is 3.77. The molecule has 0 bridgehead atoms. The summed E-state index contributed by atoms with van der Waals surface area (Å²) in [6, 6.07) is 7.81. The van der Waals surface area contributed by atoms with Crippen molar-refractivity contribution in [3.63, 3.8) is 0 Å². The molecule has 2 rings (SSSR count). The van der Waals surface area contributed by atoms with Crippen molar-refractivity contribution in [2.24, 2.45) is 0 Å². The van der Waals surface area contributed by atoms with Crippen LogP contribution >= 0.6 is 15.9 Å². The van der Waals surface area contributed by atoms with E-state index in [-0.39, 0.29) is 24.8 Å². The maximum absolute atomic E-state index is 11.8. The van der Waals surface area contributed by atoms with E-state index >= 15 is 0 Å². The first-order valence-electron chi connectivity index (χ1n) is 5.64. The molecule has 1 aliphatic heterocycles. The van der Waals surface area contributed by atoms with Gasteiger partial charge in [0.15, 0.2) is 0 Å². The van der Waals surface area contributed by atoms with Crippen molar-refractivity contribution >= 4 is 31.9 Å². The van der Waals surface area contributed by atoms with Crippen LogP contribution < -0.4 is 0 Å². The molecular weight excluding hydrogens is 318 g/mol. The maximum atomic E-state index is 11.8. The van der Waals surface area contributed by atoms with E-state index in [9.17, 15) is 13.2 Å². The van der Waals surface area contributed by atoms with Crippen molar-refractivity contribution in [1.82, 2.24) is 4.31 Å². The fraction of sp³-hybridized carbons (Fsp3) is 0.417. The van der Waals surface area contributed by atoms with Gasteiger partial charge in [0, 0.05) is 17.4 Å². The number of amides is 1. The highest BCUT2D eigenvalue weighted by Gasteiger charge is 2.31. The molecule has 1 unspecified atom stereocenters. The lowest BCUT2D eigenvalue weighted by molar-refractivity contribution is -0.128. The fourth-order valence-electron chi connectivity index (χ4n) is 2.18. The Hall–Kier alpha value is -0.880. The zero-order valence-electron chi connectivity index (χ0n) is 9.97. The molecule has 1 saturated heterocycles. The molecule has 0 N–H and O–H groups in total. The van der Waals surface area contributed by atoms with Crippen molar-refractivity contribution in [2.45, 2.75) is 18.8 Å². The summed E-state index contributed by atoms with van der Waals surface area (Å²) in [6.45, 7) is 0.276. The first-order valence-corrected chi connectivity index (χ1v) is 8.28. The molecule has 98 valence electrons. The van der Waals surface area contributed by atoms with Crippen LogP contribution in [-0.4, -0.2) is 31.4 Å². The predicted molar refractivity (Wildman–Crippen MR) is 72.7 cm³/mol. The van der Waals surface area contributed by atoms with Crippen LogP contribution in [-0.2, 0) is 14.8 Å². The third-order valence-corrected chi connectivity index (χ3v) is 4.84. The van der Waals surface area contributed by atoms with Crippen molar-refractivity contribution in [3.8, 4) is 0 Å². The third-order valence-electron chi connectivity index (χ3n) is 3.12. The van der Waals surface area contributed by atoms with Gasteiger partial charge in [-0.25, -0.2) is 12.7 Å². The molecule has 4 nitrogen and oxygen atoms in total. The van der Waals surface area contributed by atoms with E-state index in [4.69, 9.17) is 0 Å². The Labute approximate surface area is 115 Å². The summed E-state index contributed by atoms with van der Waals surface area (Å²) in [5.41, 5.74) is 1.08. The number of carbonyl (C=O) groups is 1. The van der Waals surface area contributed by atoms with Gasteiger partial charge in [0.05, 0.1) is 6.26 Å². The number of hydrogen-bond acceptors (Lipinski definition) is 3. The van der Waals surface area contributed by atoms with E-state index in [1.807, 2.05) is 24.3 Å². The minimum atomic E-state index is -3.41. The molecule has 18 heavy (non-hydrogen) atoms. The first-order chi connectivity index (χ1) is 8.38. The summed E-state index contributed by atoms with van der Waals surface area (Å²) < 4.78 is 24.7. The summed E-state index contributed by atoms with van der Waals surface area (Å²) in [5, 5.41) is 0. The van der Waals surface area contributed by atoms with E-state index in [0.717, 1.165) is 20.6 Å². The van der Waals surface area contributed by atoms with Crippen LogP contribution in [0.3, 0.4) is 0 Å². The highest BCUT2D eigenvalue weighted by molar-refractivity contribution is 9.10. The molecule has 0 radical (unpaired) electrons.